The summed E-state index contributed by atoms with van der Waals surface area (Å²) in [6.45, 7) is 0.556. The van der Waals surface area contributed by atoms with Crippen molar-refractivity contribution in [3.63, 3.8) is 0 Å². The van der Waals surface area contributed by atoms with E-state index < -0.39 is 15.8 Å². The van der Waals surface area contributed by atoms with Gasteiger partial charge in [-0.1, -0.05) is 15.9 Å². The molecule has 4 nitrogen and oxygen atoms in total. The monoisotopic (exact) mass is 351 g/mol. The molecule has 0 amide bonds. The van der Waals surface area contributed by atoms with E-state index in [9.17, 15) is 12.8 Å². The number of sulfonamides is 1. The molecule has 0 spiro atoms. The fourth-order valence-corrected chi connectivity index (χ4v) is 3.60. The molecule has 1 atom stereocenters. The van der Waals surface area contributed by atoms with Gasteiger partial charge in [0.2, 0.25) is 10.0 Å². The van der Waals surface area contributed by atoms with E-state index >= 15 is 0 Å². The molecule has 0 aromatic heterocycles. The number of rotatable bonds is 5. The van der Waals surface area contributed by atoms with Crippen LogP contribution in [0.3, 0.4) is 0 Å². The van der Waals surface area contributed by atoms with Crippen molar-refractivity contribution in [1.29, 1.82) is 0 Å². The smallest absolute Gasteiger partial charge is 0.214 e. The minimum atomic E-state index is -3.45. The Kier molecular flexibility index (Phi) is 4.94. The zero-order valence-corrected chi connectivity index (χ0v) is 12.6. The number of hydrogen-bond acceptors (Lipinski definition) is 3. The summed E-state index contributed by atoms with van der Waals surface area (Å²) in [6, 6.07) is 4.43. The topological polar surface area (TPSA) is 55.4 Å². The van der Waals surface area contributed by atoms with Gasteiger partial charge in [-0.05, 0) is 31.0 Å². The van der Waals surface area contributed by atoms with Gasteiger partial charge >= 0.3 is 0 Å². The Bertz CT molecular complexity index is 544. The van der Waals surface area contributed by atoms with Crippen LogP contribution in [0.1, 0.15) is 18.4 Å². The first-order valence-corrected chi connectivity index (χ1v) is 8.44. The Morgan fingerprint density at radius 2 is 2.26 bits per heavy atom. The quantitative estimate of drug-likeness (QED) is 0.884. The molecule has 19 heavy (non-hydrogen) atoms. The lowest BCUT2D eigenvalue weighted by molar-refractivity contribution is 0.127. The molecule has 1 heterocycles. The van der Waals surface area contributed by atoms with Crippen molar-refractivity contribution in [2.45, 2.75) is 25.5 Å². The van der Waals surface area contributed by atoms with Gasteiger partial charge in [0.1, 0.15) is 5.82 Å². The highest BCUT2D eigenvalue weighted by atomic mass is 79.9. The highest BCUT2D eigenvalue weighted by molar-refractivity contribution is 9.10. The SMILES string of the molecule is O=S(=O)(CC1CCCO1)NCc1cc(Br)ccc1F. The van der Waals surface area contributed by atoms with Gasteiger partial charge in [-0.3, -0.25) is 0 Å². The maximum absolute atomic E-state index is 13.5. The molecule has 106 valence electrons. The average molecular weight is 352 g/mol. The fourth-order valence-electron chi connectivity index (χ4n) is 1.95. The van der Waals surface area contributed by atoms with Crippen molar-refractivity contribution in [2.75, 3.05) is 12.4 Å². The van der Waals surface area contributed by atoms with Crippen molar-refractivity contribution in [1.82, 2.24) is 4.72 Å². The first-order valence-electron chi connectivity index (χ1n) is 5.99. The fraction of sp³-hybridized carbons (Fsp3) is 0.500. The molecule has 1 N–H and O–H groups in total. The molecule has 0 aliphatic carbocycles. The predicted molar refractivity (Wildman–Crippen MR) is 73.7 cm³/mol. The van der Waals surface area contributed by atoms with Crippen LogP contribution in [0.5, 0.6) is 0 Å². The predicted octanol–water partition coefficient (Wildman–Crippen LogP) is 2.19. The van der Waals surface area contributed by atoms with Crippen molar-refractivity contribution >= 4 is 26.0 Å². The van der Waals surface area contributed by atoms with Crippen LogP contribution in [-0.2, 0) is 21.3 Å². The lowest BCUT2D eigenvalue weighted by Crippen LogP contribution is -2.31. The van der Waals surface area contributed by atoms with Gasteiger partial charge in [0.05, 0.1) is 11.9 Å². The number of hydrogen-bond donors (Lipinski definition) is 1. The van der Waals surface area contributed by atoms with Gasteiger partial charge in [0.25, 0.3) is 0 Å². The normalized spacial score (nSPS) is 19.8. The third kappa shape index (κ3) is 4.52. The largest absolute Gasteiger partial charge is 0.377 e. The molecule has 0 radical (unpaired) electrons. The summed E-state index contributed by atoms with van der Waals surface area (Å²) >= 11 is 3.22. The van der Waals surface area contributed by atoms with Crippen LogP contribution in [0, 0.1) is 5.82 Å². The van der Waals surface area contributed by atoms with Gasteiger partial charge in [0, 0.05) is 23.2 Å². The molecule has 7 heteroatoms. The third-order valence-corrected chi connectivity index (χ3v) is 4.81. The van der Waals surface area contributed by atoms with Crippen molar-refractivity contribution in [2.24, 2.45) is 0 Å². The van der Waals surface area contributed by atoms with E-state index in [2.05, 4.69) is 20.7 Å². The number of halogens is 2. The second-order valence-electron chi connectivity index (χ2n) is 4.47. The lowest BCUT2D eigenvalue weighted by Gasteiger charge is -2.11. The highest BCUT2D eigenvalue weighted by Gasteiger charge is 2.23. The zero-order valence-electron chi connectivity index (χ0n) is 10.2. The van der Waals surface area contributed by atoms with Crippen molar-refractivity contribution < 1.29 is 17.5 Å². The molecule has 2 rings (SSSR count). The van der Waals surface area contributed by atoms with Crippen LogP contribution >= 0.6 is 15.9 Å². The summed E-state index contributed by atoms with van der Waals surface area (Å²) in [5.41, 5.74) is 0.310. The van der Waals surface area contributed by atoms with Gasteiger partial charge in [-0.15, -0.1) is 0 Å². The third-order valence-electron chi connectivity index (χ3n) is 2.92. The Balaban J connectivity index is 1.95. The summed E-state index contributed by atoms with van der Waals surface area (Å²) in [5.74, 6) is -0.495. The Labute approximate surface area is 120 Å². The molecule has 1 aliphatic heterocycles. The Morgan fingerprint density at radius 3 is 2.95 bits per heavy atom. The number of benzene rings is 1. The van der Waals surface area contributed by atoms with E-state index in [4.69, 9.17) is 4.74 Å². The number of nitrogens with one attached hydrogen (secondary N) is 1. The second-order valence-corrected chi connectivity index (χ2v) is 7.24. The lowest BCUT2D eigenvalue weighted by atomic mass is 10.2. The molecule has 0 saturated carbocycles. The van der Waals surface area contributed by atoms with Crippen LogP contribution in [0.4, 0.5) is 4.39 Å². The van der Waals surface area contributed by atoms with Gasteiger partial charge < -0.3 is 4.74 Å². The van der Waals surface area contributed by atoms with Gasteiger partial charge in [-0.25, -0.2) is 17.5 Å². The summed E-state index contributed by atoms with van der Waals surface area (Å²) in [4.78, 5) is 0. The van der Waals surface area contributed by atoms with Crippen molar-refractivity contribution in [3.8, 4) is 0 Å². The van der Waals surface area contributed by atoms with E-state index in [1.165, 1.54) is 6.07 Å². The molecule has 1 aliphatic rings. The molecule has 0 bridgehead atoms. The molecular formula is C12H15BrFNO3S. The van der Waals surface area contributed by atoms with Crippen LogP contribution < -0.4 is 4.72 Å². The van der Waals surface area contributed by atoms with E-state index in [0.717, 1.165) is 12.8 Å². The van der Waals surface area contributed by atoms with E-state index in [1.54, 1.807) is 12.1 Å². The first kappa shape index (κ1) is 14.9. The van der Waals surface area contributed by atoms with E-state index in [1.807, 2.05) is 0 Å². The van der Waals surface area contributed by atoms with Crippen LogP contribution in [0.2, 0.25) is 0 Å². The zero-order chi connectivity index (χ0) is 13.9. The second kappa shape index (κ2) is 6.30. The highest BCUT2D eigenvalue weighted by Crippen LogP contribution is 2.16. The van der Waals surface area contributed by atoms with Crippen molar-refractivity contribution in [3.05, 3.63) is 34.1 Å². The number of ether oxygens (including phenoxy) is 1. The standard InChI is InChI=1S/C12H15BrFNO3S/c13-10-3-4-12(14)9(6-10)7-15-19(16,17)8-11-2-1-5-18-11/h3-4,6,11,15H,1-2,5,7-8H2. The summed E-state index contributed by atoms with van der Waals surface area (Å²) in [5, 5.41) is 0. The van der Waals surface area contributed by atoms with Crippen LogP contribution in [-0.4, -0.2) is 26.9 Å². The molecule has 1 fully saturated rings. The maximum Gasteiger partial charge on any atom is 0.214 e. The molecule has 1 unspecified atom stereocenters. The maximum atomic E-state index is 13.5. The Morgan fingerprint density at radius 1 is 1.47 bits per heavy atom. The molecule has 1 aromatic carbocycles. The summed E-state index contributed by atoms with van der Waals surface area (Å²) in [6.07, 6.45) is 1.40. The van der Waals surface area contributed by atoms with Crippen LogP contribution in [0.25, 0.3) is 0 Å². The molecule has 1 aromatic rings. The van der Waals surface area contributed by atoms with E-state index in [-0.39, 0.29) is 18.4 Å². The first-order chi connectivity index (χ1) is 8.96. The average Bonchev–Trinajstić information content (AvgIpc) is 2.82. The minimum absolute atomic E-state index is 0.0552. The van der Waals surface area contributed by atoms with Gasteiger partial charge in [-0.2, -0.15) is 0 Å². The van der Waals surface area contributed by atoms with Crippen LogP contribution in [0.15, 0.2) is 22.7 Å². The Hall–Kier alpha value is -0.500. The summed E-state index contributed by atoms with van der Waals surface area (Å²) in [7, 11) is -3.45. The molecular weight excluding hydrogens is 337 g/mol. The summed E-state index contributed by atoms with van der Waals surface area (Å²) < 4.78 is 45.5. The minimum Gasteiger partial charge on any atom is -0.377 e. The van der Waals surface area contributed by atoms with Gasteiger partial charge in [0.15, 0.2) is 0 Å². The van der Waals surface area contributed by atoms with E-state index in [0.29, 0.717) is 16.6 Å². The molecule has 1 saturated heterocycles.